The van der Waals surface area contributed by atoms with E-state index in [1.54, 1.807) is 0 Å². The highest BCUT2D eigenvalue weighted by Crippen LogP contribution is 2.21. The quantitative estimate of drug-likeness (QED) is 0.607. The molecule has 0 saturated carbocycles. The largest absolute Gasteiger partial charge is 0.0616 e. The summed E-state index contributed by atoms with van der Waals surface area (Å²) < 4.78 is 0. The Morgan fingerprint density at radius 2 is 1.67 bits per heavy atom. The standard InChI is InChI=1S/C18H15/c1-14-9-11-15(12-10-14)13-17-7-4-6-16-5-2-3-8-18(16)17/h2-5,7-12H,13H2,1H3. The van der Waals surface area contributed by atoms with Crippen molar-refractivity contribution in [2.45, 2.75) is 13.3 Å². The Balaban J connectivity index is 2.02. The molecular weight excluding hydrogens is 216 g/mol. The summed E-state index contributed by atoms with van der Waals surface area (Å²) in [4.78, 5) is 0. The molecule has 0 aromatic heterocycles. The molecule has 87 valence electrons. The summed E-state index contributed by atoms with van der Waals surface area (Å²) in [5.74, 6) is 0. The van der Waals surface area contributed by atoms with Crippen molar-refractivity contribution in [3.05, 3.63) is 83.4 Å². The second-order valence-corrected chi connectivity index (χ2v) is 4.71. The van der Waals surface area contributed by atoms with Crippen LogP contribution in [0.5, 0.6) is 0 Å². The van der Waals surface area contributed by atoms with Crippen molar-refractivity contribution < 1.29 is 0 Å². The van der Waals surface area contributed by atoms with Crippen LogP contribution in [0.4, 0.5) is 0 Å². The fourth-order valence-corrected chi connectivity index (χ4v) is 2.29. The summed E-state index contributed by atoms with van der Waals surface area (Å²) >= 11 is 0. The van der Waals surface area contributed by atoms with Crippen LogP contribution in [0, 0.1) is 13.0 Å². The van der Waals surface area contributed by atoms with Gasteiger partial charge in [0.1, 0.15) is 0 Å². The van der Waals surface area contributed by atoms with Crippen molar-refractivity contribution in [1.82, 2.24) is 0 Å². The van der Waals surface area contributed by atoms with Gasteiger partial charge in [-0.25, -0.2) is 0 Å². The first-order valence-corrected chi connectivity index (χ1v) is 6.27. The van der Waals surface area contributed by atoms with E-state index in [-0.39, 0.29) is 0 Å². The van der Waals surface area contributed by atoms with E-state index in [1.807, 2.05) is 6.07 Å². The average molecular weight is 231 g/mol. The smallest absolute Gasteiger partial charge is 0.00196 e. The number of hydrogen-bond acceptors (Lipinski definition) is 0. The zero-order chi connectivity index (χ0) is 12.4. The van der Waals surface area contributed by atoms with E-state index in [9.17, 15) is 0 Å². The molecule has 0 bridgehead atoms. The molecule has 3 rings (SSSR count). The Bertz CT molecular complexity index is 658. The molecule has 0 heteroatoms. The molecule has 0 aliphatic carbocycles. The molecule has 0 N–H and O–H groups in total. The second kappa shape index (κ2) is 4.66. The maximum absolute atomic E-state index is 3.29. The van der Waals surface area contributed by atoms with E-state index in [1.165, 1.54) is 27.5 Å². The zero-order valence-corrected chi connectivity index (χ0v) is 10.5. The van der Waals surface area contributed by atoms with Gasteiger partial charge in [0.15, 0.2) is 0 Å². The minimum Gasteiger partial charge on any atom is -0.0616 e. The fraction of sp³-hybridized carbons (Fsp3) is 0.111. The zero-order valence-electron chi connectivity index (χ0n) is 10.5. The van der Waals surface area contributed by atoms with Crippen LogP contribution in [-0.2, 0) is 6.42 Å². The van der Waals surface area contributed by atoms with Crippen LogP contribution in [0.1, 0.15) is 16.7 Å². The van der Waals surface area contributed by atoms with Gasteiger partial charge in [-0.1, -0.05) is 66.2 Å². The Labute approximate surface area is 108 Å². The maximum atomic E-state index is 3.29. The average Bonchev–Trinajstić information content (AvgIpc) is 2.42. The summed E-state index contributed by atoms with van der Waals surface area (Å²) in [5.41, 5.74) is 4.04. The van der Waals surface area contributed by atoms with Gasteiger partial charge in [-0.3, -0.25) is 0 Å². The van der Waals surface area contributed by atoms with Crippen LogP contribution in [0.2, 0.25) is 0 Å². The molecule has 0 fully saturated rings. The molecular formula is C18H15. The molecule has 0 spiro atoms. The minimum atomic E-state index is 0.982. The Kier molecular flexibility index (Phi) is 2.85. The number of rotatable bonds is 2. The molecule has 3 aromatic rings. The van der Waals surface area contributed by atoms with Gasteiger partial charge in [-0.15, -0.1) is 0 Å². The van der Waals surface area contributed by atoms with Crippen LogP contribution in [0.15, 0.2) is 60.7 Å². The summed E-state index contributed by atoms with van der Waals surface area (Å²) in [7, 11) is 0. The molecule has 1 radical (unpaired) electrons. The maximum Gasteiger partial charge on any atom is -0.00196 e. The Morgan fingerprint density at radius 1 is 0.889 bits per heavy atom. The van der Waals surface area contributed by atoms with Crippen molar-refractivity contribution in [2.24, 2.45) is 0 Å². The lowest BCUT2D eigenvalue weighted by Crippen LogP contribution is -1.90. The van der Waals surface area contributed by atoms with E-state index in [4.69, 9.17) is 0 Å². The summed E-state index contributed by atoms with van der Waals surface area (Å²) in [6.45, 7) is 2.12. The fourth-order valence-electron chi connectivity index (χ4n) is 2.29. The van der Waals surface area contributed by atoms with Crippen LogP contribution in [0.25, 0.3) is 10.8 Å². The minimum absolute atomic E-state index is 0.982. The molecule has 0 unspecified atom stereocenters. The molecule has 18 heavy (non-hydrogen) atoms. The first-order valence-electron chi connectivity index (χ1n) is 6.27. The highest BCUT2D eigenvalue weighted by atomic mass is 14.1. The van der Waals surface area contributed by atoms with Crippen molar-refractivity contribution in [1.29, 1.82) is 0 Å². The third-order valence-electron chi connectivity index (χ3n) is 3.31. The number of benzene rings is 3. The third kappa shape index (κ3) is 2.14. The van der Waals surface area contributed by atoms with Crippen molar-refractivity contribution in [3.8, 4) is 0 Å². The van der Waals surface area contributed by atoms with Gasteiger partial charge in [0.05, 0.1) is 0 Å². The molecule has 3 aromatic carbocycles. The molecule has 0 nitrogen and oxygen atoms in total. The number of aryl methyl sites for hydroxylation is 1. The molecule has 0 amide bonds. The lowest BCUT2D eigenvalue weighted by molar-refractivity contribution is 1.20. The normalized spacial score (nSPS) is 10.7. The first kappa shape index (κ1) is 11.0. The molecule has 0 aliphatic rings. The Morgan fingerprint density at radius 3 is 2.50 bits per heavy atom. The van der Waals surface area contributed by atoms with Gasteiger partial charge >= 0.3 is 0 Å². The highest BCUT2D eigenvalue weighted by Gasteiger charge is 2.01. The van der Waals surface area contributed by atoms with Gasteiger partial charge in [-0.2, -0.15) is 0 Å². The summed E-state index contributed by atoms with van der Waals surface area (Å²) in [5, 5.41) is 2.50. The van der Waals surface area contributed by atoms with Crippen molar-refractivity contribution in [3.63, 3.8) is 0 Å². The molecule has 0 atom stereocenters. The van der Waals surface area contributed by atoms with Crippen LogP contribution < -0.4 is 0 Å². The third-order valence-corrected chi connectivity index (χ3v) is 3.31. The SMILES string of the molecule is Cc1ccc(Cc2cc[c]c3ccccc23)cc1. The summed E-state index contributed by atoms with van der Waals surface area (Å²) in [6, 6.07) is 24.7. The molecule has 0 aliphatic heterocycles. The van der Waals surface area contributed by atoms with Gasteiger partial charge in [0, 0.05) is 0 Å². The highest BCUT2D eigenvalue weighted by molar-refractivity contribution is 5.85. The van der Waals surface area contributed by atoms with Gasteiger partial charge in [0.2, 0.25) is 0 Å². The molecule has 0 saturated heterocycles. The molecule has 0 heterocycles. The predicted molar refractivity (Wildman–Crippen MR) is 76.8 cm³/mol. The number of fused-ring (bicyclic) bond motifs is 1. The van der Waals surface area contributed by atoms with Crippen LogP contribution in [-0.4, -0.2) is 0 Å². The first-order chi connectivity index (χ1) is 8.83. The van der Waals surface area contributed by atoms with E-state index in [0.29, 0.717) is 0 Å². The lowest BCUT2D eigenvalue weighted by atomic mass is 9.98. The van der Waals surface area contributed by atoms with E-state index in [0.717, 1.165) is 6.42 Å². The second-order valence-electron chi connectivity index (χ2n) is 4.71. The van der Waals surface area contributed by atoms with Gasteiger partial charge < -0.3 is 0 Å². The lowest BCUT2D eigenvalue weighted by Gasteiger charge is -2.06. The monoisotopic (exact) mass is 231 g/mol. The Hall–Kier alpha value is -2.08. The van der Waals surface area contributed by atoms with Gasteiger partial charge in [0.25, 0.3) is 0 Å². The summed E-state index contributed by atoms with van der Waals surface area (Å²) in [6.07, 6.45) is 0.982. The number of hydrogen-bond donors (Lipinski definition) is 0. The van der Waals surface area contributed by atoms with Crippen molar-refractivity contribution in [2.75, 3.05) is 0 Å². The van der Waals surface area contributed by atoms with Gasteiger partial charge in [-0.05, 0) is 41.3 Å². The van der Waals surface area contributed by atoms with E-state index >= 15 is 0 Å². The van der Waals surface area contributed by atoms with Crippen molar-refractivity contribution >= 4 is 10.8 Å². The van der Waals surface area contributed by atoms with E-state index < -0.39 is 0 Å². The topological polar surface area (TPSA) is 0 Å². The van der Waals surface area contributed by atoms with Crippen LogP contribution >= 0.6 is 0 Å². The predicted octanol–water partition coefficient (Wildman–Crippen LogP) is 4.54. The van der Waals surface area contributed by atoms with E-state index in [2.05, 4.69) is 67.6 Å². The van der Waals surface area contributed by atoms with Crippen LogP contribution in [0.3, 0.4) is 0 Å².